The van der Waals surface area contributed by atoms with Crippen LogP contribution in [0.1, 0.15) is 19.3 Å². The molecule has 31 heavy (non-hydrogen) atoms. The SMILES string of the molecule is COc1ccccc1N1CCN(CCC(=O)NN2C(=O)C3CC=CCC3C2=O)CC1.Cl. The molecule has 2 aliphatic heterocycles. The van der Waals surface area contributed by atoms with Crippen LogP contribution in [0.5, 0.6) is 5.75 Å². The van der Waals surface area contributed by atoms with Gasteiger partial charge in [-0.3, -0.25) is 24.7 Å². The van der Waals surface area contributed by atoms with E-state index in [-0.39, 0.29) is 48.4 Å². The van der Waals surface area contributed by atoms with Crippen molar-refractivity contribution in [3.8, 4) is 5.75 Å². The minimum atomic E-state index is -0.328. The number of piperazine rings is 1. The average molecular weight is 449 g/mol. The fourth-order valence-electron chi connectivity index (χ4n) is 4.45. The fourth-order valence-corrected chi connectivity index (χ4v) is 4.45. The van der Waals surface area contributed by atoms with Crippen LogP contribution in [0.2, 0.25) is 0 Å². The highest BCUT2D eigenvalue weighted by Gasteiger charge is 2.48. The second-order valence-corrected chi connectivity index (χ2v) is 7.95. The summed E-state index contributed by atoms with van der Waals surface area (Å²) in [6.07, 6.45) is 5.25. The first-order chi connectivity index (χ1) is 14.6. The van der Waals surface area contributed by atoms with Gasteiger partial charge in [-0.1, -0.05) is 24.3 Å². The first kappa shape index (κ1) is 23.1. The quantitative estimate of drug-likeness (QED) is 0.526. The van der Waals surface area contributed by atoms with Crippen molar-refractivity contribution in [1.29, 1.82) is 0 Å². The number of fused-ring (bicyclic) bond motifs is 1. The van der Waals surface area contributed by atoms with E-state index in [9.17, 15) is 14.4 Å². The number of anilines is 1. The number of nitrogens with zero attached hydrogens (tertiary/aromatic N) is 3. The van der Waals surface area contributed by atoms with Crippen LogP contribution in [0.15, 0.2) is 36.4 Å². The lowest BCUT2D eigenvalue weighted by Gasteiger charge is -2.36. The minimum Gasteiger partial charge on any atom is -0.495 e. The van der Waals surface area contributed by atoms with Crippen LogP contribution in [-0.2, 0) is 14.4 Å². The molecular weight excluding hydrogens is 420 g/mol. The second-order valence-electron chi connectivity index (χ2n) is 7.95. The smallest absolute Gasteiger partial charge is 0.252 e. The Balaban J connectivity index is 0.00000272. The minimum absolute atomic E-state index is 0. The van der Waals surface area contributed by atoms with Crippen molar-refractivity contribution in [3.05, 3.63) is 36.4 Å². The Hall–Kier alpha value is -2.58. The highest BCUT2D eigenvalue weighted by Crippen LogP contribution is 2.34. The molecule has 2 unspecified atom stereocenters. The largest absolute Gasteiger partial charge is 0.495 e. The molecule has 2 fully saturated rings. The third-order valence-corrected chi connectivity index (χ3v) is 6.20. The lowest BCUT2D eigenvalue weighted by Crippen LogP contribution is -2.49. The molecule has 2 atom stereocenters. The molecule has 2 heterocycles. The normalized spacial score (nSPS) is 23.4. The summed E-state index contributed by atoms with van der Waals surface area (Å²) in [6, 6.07) is 7.97. The summed E-state index contributed by atoms with van der Waals surface area (Å²) < 4.78 is 5.45. The molecule has 0 spiro atoms. The maximum Gasteiger partial charge on any atom is 0.252 e. The second kappa shape index (κ2) is 10.2. The van der Waals surface area contributed by atoms with Gasteiger partial charge in [-0.2, -0.15) is 5.01 Å². The van der Waals surface area contributed by atoms with Crippen LogP contribution in [0, 0.1) is 11.8 Å². The van der Waals surface area contributed by atoms with Gasteiger partial charge in [0.2, 0.25) is 5.91 Å². The number of hydrazine groups is 1. The Kier molecular flexibility index (Phi) is 7.56. The van der Waals surface area contributed by atoms with Gasteiger partial charge in [0.25, 0.3) is 11.8 Å². The van der Waals surface area contributed by atoms with Crippen LogP contribution in [0.4, 0.5) is 5.69 Å². The van der Waals surface area contributed by atoms with E-state index in [0.717, 1.165) is 42.6 Å². The van der Waals surface area contributed by atoms with Gasteiger partial charge in [0.05, 0.1) is 24.6 Å². The molecule has 1 aromatic carbocycles. The highest BCUT2D eigenvalue weighted by atomic mass is 35.5. The van der Waals surface area contributed by atoms with E-state index in [1.165, 1.54) is 0 Å². The van der Waals surface area contributed by atoms with E-state index >= 15 is 0 Å². The highest BCUT2D eigenvalue weighted by molar-refractivity contribution is 6.06. The number of amides is 3. The molecule has 2 saturated heterocycles. The molecule has 3 amide bonds. The molecule has 8 nitrogen and oxygen atoms in total. The molecule has 3 aliphatic rings. The van der Waals surface area contributed by atoms with Gasteiger partial charge < -0.3 is 9.64 Å². The third-order valence-electron chi connectivity index (χ3n) is 6.20. The topological polar surface area (TPSA) is 82.2 Å². The van der Waals surface area contributed by atoms with Crippen molar-refractivity contribution in [2.45, 2.75) is 19.3 Å². The van der Waals surface area contributed by atoms with Gasteiger partial charge >= 0.3 is 0 Å². The predicted octanol–water partition coefficient (Wildman–Crippen LogP) is 1.61. The number of para-hydroxylation sites is 2. The first-order valence-corrected chi connectivity index (χ1v) is 10.5. The van der Waals surface area contributed by atoms with Gasteiger partial charge in [0, 0.05) is 39.1 Å². The average Bonchev–Trinajstić information content (AvgIpc) is 3.03. The monoisotopic (exact) mass is 448 g/mol. The summed E-state index contributed by atoms with van der Waals surface area (Å²) in [5.74, 6) is -0.658. The van der Waals surface area contributed by atoms with Crippen molar-refractivity contribution in [2.24, 2.45) is 11.8 Å². The van der Waals surface area contributed by atoms with Crippen LogP contribution >= 0.6 is 12.4 Å². The standard InChI is InChI=1S/C22H28N4O4.ClH/c1-30-19-9-5-4-8-18(19)25-14-12-24(13-15-25)11-10-20(27)23-26-21(28)16-6-2-3-7-17(16)22(26)29;/h2-5,8-9,16-17H,6-7,10-15H2,1H3,(H,23,27);1H. The Bertz CT molecular complexity index is 828. The van der Waals surface area contributed by atoms with Gasteiger partial charge in [-0.05, 0) is 25.0 Å². The molecular formula is C22H29ClN4O4. The molecule has 0 bridgehead atoms. The number of benzene rings is 1. The van der Waals surface area contributed by atoms with Crippen molar-refractivity contribution in [3.63, 3.8) is 0 Å². The van der Waals surface area contributed by atoms with Gasteiger partial charge in [-0.15, -0.1) is 12.4 Å². The van der Waals surface area contributed by atoms with E-state index in [1.54, 1.807) is 7.11 Å². The number of allylic oxidation sites excluding steroid dienone is 2. The molecule has 168 valence electrons. The van der Waals surface area contributed by atoms with Crippen molar-refractivity contribution in [2.75, 3.05) is 44.7 Å². The van der Waals surface area contributed by atoms with Crippen molar-refractivity contribution >= 4 is 35.8 Å². The zero-order valence-corrected chi connectivity index (χ0v) is 18.5. The number of hydrogen-bond donors (Lipinski definition) is 1. The predicted molar refractivity (Wildman–Crippen MR) is 119 cm³/mol. The number of carbonyl (C=O) groups is 3. The van der Waals surface area contributed by atoms with Gasteiger partial charge in [-0.25, -0.2) is 0 Å². The maximum absolute atomic E-state index is 12.4. The summed E-state index contributed by atoms with van der Waals surface area (Å²) in [7, 11) is 1.68. The van der Waals surface area contributed by atoms with Gasteiger partial charge in [0.15, 0.2) is 0 Å². The first-order valence-electron chi connectivity index (χ1n) is 10.5. The zero-order chi connectivity index (χ0) is 21.1. The summed E-state index contributed by atoms with van der Waals surface area (Å²) in [5.41, 5.74) is 3.62. The molecule has 4 rings (SSSR count). The number of imide groups is 1. The number of halogens is 1. The number of nitrogens with one attached hydrogen (secondary N) is 1. The molecule has 9 heteroatoms. The number of carbonyl (C=O) groups excluding carboxylic acids is 3. The summed E-state index contributed by atoms with van der Waals surface area (Å²) in [5, 5.41) is 0.949. The number of rotatable bonds is 6. The summed E-state index contributed by atoms with van der Waals surface area (Å²) in [6.45, 7) is 3.96. The van der Waals surface area contributed by atoms with E-state index in [0.29, 0.717) is 19.4 Å². The summed E-state index contributed by atoms with van der Waals surface area (Å²) >= 11 is 0. The molecule has 0 radical (unpaired) electrons. The maximum atomic E-state index is 12.4. The Labute approximate surface area is 188 Å². The van der Waals surface area contributed by atoms with Crippen LogP contribution in [-0.4, -0.2) is 67.5 Å². The van der Waals surface area contributed by atoms with E-state index < -0.39 is 0 Å². The molecule has 0 aromatic heterocycles. The van der Waals surface area contributed by atoms with E-state index in [2.05, 4.69) is 21.3 Å². The van der Waals surface area contributed by atoms with E-state index in [1.807, 2.05) is 30.4 Å². The Morgan fingerprint density at radius 3 is 2.26 bits per heavy atom. The van der Waals surface area contributed by atoms with Crippen LogP contribution in [0.3, 0.4) is 0 Å². The fraction of sp³-hybridized carbons (Fsp3) is 0.500. The Morgan fingerprint density at radius 2 is 1.65 bits per heavy atom. The molecule has 0 saturated carbocycles. The van der Waals surface area contributed by atoms with Crippen molar-refractivity contribution in [1.82, 2.24) is 15.3 Å². The molecule has 1 aromatic rings. The number of methoxy groups -OCH3 is 1. The lowest BCUT2D eigenvalue weighted by atomic mass is 9.85. The number of ether oxygens (including phenoxy) is 1. The third kappa shape index (κ3) is 4.85. The zero-order valence-electron chi connectivity index (χ0n) is 17.7. The van der Waals surface area contributed by atoms with E-state index in [4.69, 9.17) is 4.74 Å². The Morgan fingerprint density at radius 1 is 1.03 bits per heavy atom. The molecule has 1 aliphatic carbocycles. The molecule has 1 N–H and O–H groups in total. The summed E-state index contributed by atoms with van der Waals surface area (Å²) in [4.78, 5) is 41.8. The van der Waals surface area contributed by atoms with Crippen LogP contribution < -0.4 is 15.1 Å². The van der Waals surface area contributed by atoms with Gasteiger partial charge in [0.1, 0.15) is 5.75 Å². The number of hydrogen-bond acceptors (Lipinski definition) is 6. The van der Waals surface area contributed by atoms with Crippen LogP contribution in [0.25, 0.3) is 0 Å². The lowest BCUT2D eigenvalue weighted by molar-refractivity contribution is -0.149. The van der Waals surface area contributed by atoms with Crippen molar-refractivity contribution < 1.29 is 19.1 Å².